The summed E-state index contributed by atoms with van der Waals surface area (Å²) in [5.41, 5.74) is 4.13. The van der Waals surface area contributed by atoms with Gasteiger partial charge in [-0.15, -0.1) is 24.2 Å². The predicted octanol–water partition coefficient (Wildman–Crippen LogP) is 5.24. The van der Waals surface area contributed by atoms with Gasteiger partial charge in [0.05, 0.1) is 17.4 Å². The lowest BCUT2D eigenvalue weighted by molar-refractivity contribution is 0.0978. The number of aliphatic hydroxyl groups is 2. The van der Waals surface area contributed by atoms with Crippen LogP contribution in [0.25, 0.3) is 11.1 Å². The molecule has 218 valence electrons. The smallest absolute Gasteiger partial charge is 0.265 e. The molecule has 0 saturated carbocycles. The number of carbonyl (C=O) groups is 1. The molecule has 40 heavy (non-hydrogen) atoms. The van der Waals surface area contributed by atoms with Crippen molar-refractivity contribution in [2.75, 3.05) is 25.4 Å². The van der Waals surface area contributed by atoms with E-state index in [1.165, 1.54) is 11.8 Å². The van der Waals surface area contributed by atoms with E-state index in [4.69, 9.17) is 16.7 Å². The minimum Gasteiger partial charge on any atom is -0.396 e. The van der Waals surface area contributed by atoms with Gasteiger partial charge in [0.25, 0.3) is 5.91 Å². The average Bonchev–Trinajstić information content (AvgIpc) is 2.89. The molecule has 0 spiro atoms. The zero-order chi connectivity index (χ0) is 28.4. The maximum Gasteiger partial charge on any atom is 0.265 e. The minimum atomic E-state index is -3.83. The topological polar surface area (TPSA) is 116 Å². The van der Waals surface area contributed by atoms with E-state index < -0.39 is 22.0 Å². The second-order valence-electron chi connectivity index (χ2n) is 9.43. The van der Waals surface area contributed by atoms with Crippen LogP contribution in [0.5, 0.6) is 0 Å². The van der Waals surface area contributed by atoms with Crippen LogP contribution in [0.4, 0.5) is 0 Å². The Kier molecular flexibility index (Phi) is 13.9. The van der Waals surface area contributed by atoms with E-state index in [9.17, 15) is 18.3 Å². The molecule has 3 aromatic rings. The standard InChI is InChI=1S/C29H35ClN2O5S2.ClH/c1-20(2)38-28-18-23(11-12-26(28)29(35)32-39(36,37)16-4-15-33)22-9-7-21(8-10-22)13-14-31-19-27(34)24-5-3-6-25(30)17-24;/h3,5-12,17-18,20,27,31,33-34H,4,13-16,19H2,1-2H3,(H,32,35);1H/t27-;/m1./s1. The Labute approximate surface area is 252 Å². The first-order valence-corrected chi connectivity index (χ1v) is 15.7. The van der Waals surface area contributed by atoms with Crippen molar-refractivity contribution in [2.24, 2.45) is 0 Å². The Morgan fingerprint density at radius 3 is 2.38 bits per heavy atom. The summed E-state index contributed by atoms with van der Waals surface area (Å²) in [7, 11) is -3.83. The fraction of sp³-hybridized carbons (Fsp3) is 0.345. The predicted molar refractivity (Wildman–Crippen MR) is 166 cm³/mol. The molecule has 0 aromatic heterocycles. The minimum absolute atomic E-state index is 0. The number of carbonyl (C=O) groups excluding carboxylic acids is 1. The molecule has 3 aromatic carbocycles. The summed E-state index contributed by atoms with van der Waals surface area (Å²) in [6, 6.07) is 20.7. The summed E-state index contributed by atoms with van der Waals surface area (Å²) >= 11 is 7.49. The molecule has 1 amide bonds. The van der Waals surface area contributed by atoms with Crippen LogP contribution >= 0.6 is 35.8 Å². The number of nitrogens with one attached hydrogen (secondary N) is 2. The van der Waals surface area contributed by atoms with Gasteiger partial charge in [-0.1, -0.05) is 67.9 Å². The van der Waals surface area contributed by atoms with Crippen LogP contribution in [0, 0.1) is 0 Å². The molecule has 7 nitrogen and oxygen atoms in total. The van der Waals surface area contributed by atoms with E-state index in [1.807, 2.05) is 62.4 Å². The summed E-state index contributed by atoms with van der Waals surface area (Å²) in [6.45, 7) is 4.89. The molecule has 0 radical (unpaired) electrons. The number of thioether (sulfide) groups is 1. The lowest BCUT2D eigenvalue weighted by Gasteiger charge is -2.14. The lowest BCUT2D eigenvalue weighted by atomic mass is 10.0. The van der Waals surface area contributed by atoms with Crippen LogP contribution in [0.3, 0.4) is 0 Å². The first-order valence-electron chi connectivity index (χ1n) is 12.8. The molecule has 0 fully saturated rings. The Bertz CT molecular complexity index is 1350. The van der Waals surface area contributed by atoms with Crippen molar-refractivity contribution in [1.29, 1.82) is 0 Å². The SMILES string of the molecule is CC(C)Sc1cc(-c2ccc(CCNC[C@@H](O)c3cccc(Cl)c3)cc2)ccc1C(=O)NS(=O)(=O)CCCO.Cl. The maximum atomic E-state index is 12.8. The molecule has 0 saturated heterocycles. The van der Waals surface area contributed by atoms with Gasteiger partial charge in [0, 0.05) is 28.3 Å². The fourth-order valence-corrected chi connectivity index (χ4v) is 6.10. The molecule has 11 heteroatoms. The number of aliphatic hydroxyl groups excluding tert-OH is 2. The number of benzene rings is 3. The molecule has 1 atom stereocenters. The molecule has 0 bridgehead atoms. The molecule has 0 aliphatic heterocycles. The highest BCUT2D eigenvalue weighted by Crippen LogP contribution is 2.32. The van der Waals surface area contributed by atoms with Crippen LogP contribution in [0.1, 0.15) is 47.9 Å². The molecule has 0 unspecified atom stereocenters. The number of rotatable bonds is 14. The molecule has 0 aliphatic carbocycles. The first kappa shape index (κ1) is 34.1. The Balaban J connectivity index is 0.00000560. The molecule has 4 N–H and O–H groups in total. The van der Waals surface area contributed by atoms with Crippen LogP contribution in [0.2, 0.25) is 5.02 Å². The van der Waals surface area contributed by atoms with Crippen molar-refractivity contribution >= 4 is 51.7 Å². The van der Waals surface area contributed by atoms with E-state index >= 15 is 0 Å². The highest BCUT2D eigenvalue weighted by molar-refractivity contribution is 8.00. The van der Waals surface area contributed by atoms with Gasteiger partial charge in [-0.25, -0.2) is 13.1 Å². The summed E-state index contributed by atoms with van der Waals surface area (Å²) in [4.78, 5) is 13.5. The number of sulfonamides is 1. The van der Waals surface area contributed by atoms with Crippen molar-refractivity contribution in [2.45, 2.75) is 42.9 Å². The van der Waals surface area contributed by atoms with Crippen LogP contribution in [-0.2, 0) is 16.4 Å². The van der Waals surface area contributed by atoms with Gasteiger partial charge in [0.1, 0.15) is 0 Å². The van der Waals surface area contributed by atoms with E-state index in [-0.39, 0.29) is 36.4 Å². The summed E-state index contributed by atoms with van der Waals surface area (Å²) in [5.74, 6) is -0.990. The van der Waals surface area contributed by atoms with Gasteiger partial charge in [-0.05, 0) is 65.9 Å². The van der Waals surface area contributed by atoms with Gasteiger partial charge in [0.2, 0.25) is 10.0 Å². The molecule has 0 aliphatic rings. The fourth-order valence-electron chi connectivity index (χ4n) is 3.91. The Hall–Kier alpha value is -2.11. The van der Waals surface area contributed by atoms with Crippen LogP contribution in [0.15, 0.2) is 71.6 Å². The summed E-state index contributed by atoms with van der Waals surface area (Å²) in [5, 5.41) is 23.3. The van der Waals surface area contributed by atoms with E-state index in [1.54, 1.807) is 18.2 Å². The van der Waals surface area contributed by atoms with Gasteiger partial charge in [-0.2, -0.15) is 0 Å². The Morgan fingerprint density at radius 2 is 1.73 bits per heavy atom. The first-order chi connectivity index (χ1) is 18.6. The van der Waals surface area contributed by atoms with Crippen molar-refractivity contribution in [3.63, 3.8) is 0 Å². The quantitative estimate of drug-likeness (QED) is 0.143. The summed E-state index contributed by atoms with van der Waals surface area (Å²) in [6.07, 6.45) is 0.224. The number of amides is 1. The van der Waals surface area contributed by atoms with Crippen LogP contribution in [-0.4, -0.2) is 55.2 Å². The lowest BCUT2D eigenvalue weighted by Crippen LogP contribution is -2.33. The zero-order valence-corrected chi connectivity index (χ0v) is 25.7. The highest BCUT2D eigenvalue weighted by Gasteiger charge is 2.20. The van der Waals surface area contributed by atoms with Gasteiger partial charge in [0.15, 0.2) is 0 Å². The maximum absolute atomic E-state index is 12.8. The third kappa shape index (κ3) is 10.7. The third-order valence-electron chi connectivity index (χ3n) is 5.86. The number of hydrogen-bond donors (Lipinski definition) is 4. The van der Waals surface area contributed by atoms with Crippen molar-refractivity contribution in [3.8, 4) is 11.1 Å². The number of halogens is 2. The van der Waals surface area contributed by atoms with E-state index in [0.717, 1.165) is 28.7 Å². The molecule has 0 heterocycles. The van der Waals surface area contributed by atoms with E-state index in [2.05, 4.69) is 10.0 Å². The normalized spacial score (nSPS) is 12.2. The average molecular weight is 628 g/mol. The Morgan fingerprint density at radius 1 is 1.02 bits per heavy atom. The largest absolute Gasteiger partial charge is 0.396 e. The van der Waals surface area contributed by atoms with Gasteiger partial charge in [-0.3, -0.25) is 4.79 Å². The second-order valence-corrected chi connectivity index (χ2v) is 13.3. The van der Waals surface area contributed by atoms with Gasteiger partial charge >= 0.3 is 0 Å². The third-order valence-corrected chi connectivity index (χ3v) is 8.48. The van der Waals surface area contributed by atoms with Crippen molar-refractivity contribution in [1.82, 2.24) is 10.0 Å². The van der Waals surface area contributed by atoms with Gasteiger partial charge < -0.3 is 15.5 Å². The molecule has 3 rings (SSSR count). The van der Waals surface area contributed by atoms with Crippen molar-refractivity contribution < 1.29 is 23.4 Å². The zero-order valence-electron chi connectivity index (χ0n) is 22.5. The monoisotopic (exact) mass is 626 g/mol. The number of hydrogen-bond acceptors (Lipinski definition) is 7. The van der Waals surface area contributed by atoms with E-state index in [0.29, 0.717) is 28.6 Å². The molecular weight excluding hydrogens is 591 g/mol. The van der Waals surface area contributed by atoms with Crippen molar-refractivity contribution in [3.05, 3.63) is 88.4 Å². The summed E-state index contributed by atoms with van der Waals surface area (Å²) < 4.78 is 26.4. The second kappa shape index (κ2) is 16.4. The molecular formula is C29H36Cl2N2O5S2. The van der Waals surface area contributed by atoms with Crippen LogP contribution < -0.4 is 10.0 Å². The highest BCUT2D eigenvalue weighted by atomic mass is 35.5.